The van der Waals surface area contributed by atoms with Gasteiger partial charge in [-0.3, -0.25) is 9.59 Å². The maximum atomic E-state index is 13.5. The summed E-state index contributed by atoms with van der Waals surface area (Å²) in [5.74, 6) is -3.77. The number of aryl methyl sites for hydroxylation is 1. The summed E-state index contributed by atoms with van der Waals surface area (Å²) in [4.78, 5) is 23.9. The number of halogens is 4. The topological polar surface area (TPSA) is 46.6 Å². The zero-order valence-electron chi connectivity index (χ0n) is 11.6. The van der Waals surface area contributed by atoms with Gasteiger partial charge in [-0.25, -0.2) is 4.39 Å². The molecule has 1 atom stereocenters. The van der Waals surface area contributed by atoms with E-state index >= 15 is 0 Å². The number of benzene rings is 1. The third-order valence-electron chi connectivity index (χ3n) is 3.22. The Morgan fingerprint density at radius 3 is 2.73 bits per heavy atom. The van der Waals surface area contributed by atoms with Gasteiger partial charge in [0.05, 0.1) is 5.92 Å². The molecule has 0 unspecified atom stereocenters. The highest BCUT2D eigenvalue weighted by molar-refractivity contribution is 5.87. The van der Waals surface area contributed by atoms with Gasteiger partial charge in [0.15, 0.2) is 11.6 Å². The molecule has 0 spiro atoms. The molecule has 1 aromatic rings. The van der Waals surface area contributed by atoms with Gasteiger partial charge in [-0.05, 0) is 24.6 Å². The first-order valence-electron chi connectivity index (χ1n) is 6.48. The van der Waals surface area contributed by atoms with Gasteiger partial charge in [-0.15, -0.1) is 0 Å². The van der Waals surface area contributed by atoms with Crippen LogP contribution in [0.3, 0.4) is 0 Å². The lowest BCUT2D eigenvalue weighted by atomic mass is 10.1. The smallest absolute Gasteiger partial charge is 0.406 e. The summed E-state index contributed by atoms with van der Waals surface area (Å²) in [6, 6.07) is 3.90. The summed E-state index contributed by atoms with van der Waals surface area (Å²) in [5.41, 5.74) is 0.658. The second-order valence-corrected chi connectivity index (χ2v) is 5.15. The lowest BCUT2D eigenvalue weighted by Gasteiger charge is -2.18. The normalized spacial score (nSPS) is 18.7. The van der Waals surface area contributed by atoms with Gasteiger partial charge in [0.2, 0.25) is 5.91 Å². The highest BCUT2D eigenvalue weighted by Gasteiger charge is 2.41. The van der Waals surface area contributed by atoms with Crippen LogP contribution in [0.4, 0.5) is 17.6 Å². The molecule has 1 amide bonds. The maximum absolute atomic E-state index is 13.5. The van der Waals surface area contributed by atoms with Gasteiger partial charge in [0.1, 0.15) is 6.54 Å². The third-order valence-corrected chi connectivity index (χ3v) is 3.22. The van der Waals surface area contributed by atoms with Crippen LogP contribution in [-0.4, -0.2) is 36.0 Å². The molecule has 2 rings (SSSR count). The average molecular weight is 319 g/mol. The number of nitrogens with zero attached hydrogens (tertiary/aromatic N) is 1. The molecule has 1 fully saturated rings. The Balaban J connectivity index is 2.02. The van der Waals surface area contributed by atoms with E-state index in [2.05, 4.69) is 0 Å². The molecule has 1 heterocycles. The van der Waals surface area contributed by atoms with E-state index in [1.165, 1.54) is 12.1 Å². The Morgan fingerprint density at radius 2 is 2.09 bits per heavy atom. The van der Waals surface area contributed by atoms with Crippen molar-refractivity contribution in [2.24, 2.45) is 5.92 Å². The quantitative estimate of drug-likeness (QED) is 0.488. The number of rotatable bonds is 3. The Labute approximate surface area is 123 Å². The highest BCUT2D eigenvalue weighted by atomic mass is 19.4. The average Bonchev–Trinajstić information content (AvgIpc) is 2.73. The van der Waals surface area contributed by atoms with Gasteiger partial charge < -0.3 is 9.64 Å². The number of ether oxygens (including phenoxy) is 1. The number of hydrogen-bond acceptors (Lipinski definition) is 3. The number of carbonyl (C=O) groups is 2. The van der Waals surface area contributed by atoms with Gasteiger partial charge >= 0.3 is 12.1 Å². The van der Waals surface area contributed by atoms with E-state index in [1.54, 1.807) is 6.92 Å². The van der Waals surface area contributed by atoms with Crippen LogP contribution in [0.15, 0.2) is 18.2 Å². The molecule has 120 valence electrons. The number of hydrogen-bond donors (Lipinski definition) is 0. The molecule has 0 aromatic heterocycles. The van der Waals surface area contributed by atoms with Crippen molar-refractivity contribution >= 4 is 11.9 Å². The molecule has 0 radical (unpaired) electrons. The second-order valence-electron chi connectivity index (χ2n) is 5.15. The van der Waals surface area contributed by atoms with Crippen molar-refractivity contribution in [3.8, 4) is 5.75 Å². The van der Waals surface area contributed by atoms with Crippen LogP contribution in [-0.2, 0) is 9.59 Å². The Bertz CT molecular complexity index is 600. The molecule has 1 aromatic carbocycles. The van der Waals surface area contributed by atoms with Crippen LogP contribution in [0.1, 0.15) is 12.0 Å². The van der Waals surface area contributed by atoms with Crippen LogP contribution in [0.25, 0.3) is 0 Å². The number of likely N-dealkylation sites (tertiary alicyclic amines) is 1. The van der Waals surface area contributed by atoms with Crippen LogP contribution >= 0.6 is 0 Å². The zero-order valence-corrected chi connectivity index (χ0v) is 11.6. The molecular formula is C14H13F4NO3. The van der Waals surface area contributed by atoms with Crippen LogP contribution < -0.4 is 4.74 Å². The van der Waals surface area contributed by atoms with Gasteiger partial charge in [-0.1, -0.05) is 6.07 Å². The van der Waals surface area contributed by atoms with E-state index in [9.17, 15) is 27.2 Å². The minimum atomic E-state index is -4.53. The van der Waals surface area contributed by atoms with Crippen molar-refractivity contribution in [1.29, 1.82) is 0 Å². The maximum Gasteiger partial charge on any atom is 0.406 e. The number of carbonyl (C=O) groups excluding carboxylic acids is 2. The highest BCUT2D eigenvalue weighted by Crippen LogP contribution is 2.26. The van der Waals surface area contributed by atoms with Crippen LogP contribution in [0.5, 0.6) is 5.75 Å². The summed E-state index contributed by atoms with van der Waals surface area (Å²) in [5, 5.41) is 0. The minimum absolute atomic E-state index is 0.299. The first-order chi connectivity index (χ1) is 10.2. The fourth-order valence-electron chi connectivity index (χ4n) is 2.18. The molecular weight excluding hydrogens is 306 g/mol. The Kier molecular flexibility index (Phi) is 4.39. The number of amides is 1. The molecule has 1 aliphatic rings. The molecule has 0 N–H and O–H groups in total. The van der Waals surface area contributed by atoms with Crippen molar-refractivity contribution in [1.82, 2.24) is 4.90 Å². The fraction of sp³-hybridized carbons (Fsp3) is 0.429. The van der Waals surface area contributed by atoms with E-state index in [0.29, 0.717) is 10.5 Å². The Hall–Kier alpha value is -2.12. The molecule has 1 saturated heterocycles. The summed E-state index contributed by atoms with van der Waals surface area (Å²) in [7, 11) is 0. The molecule has 4 nitrogen and oxygen atoms in total. The van der Waals surface area contributed by atoms with E-state index in [0.717, 1.165) is 6.07 Å². The largest absolute Gasteiger partial charge is 0.423 e. The standard InChI is InChI=1S/C14H13F4NO3/c1-8-2-3-10(15)11(4-8)22-13(21)9-5-12(20)19(6-9)7-14(16,17)18/h2-4,9H,5-7H2,1H3/t9-/m0/s1. The van der Waals surface area contributed by atoms with Crippen LogP contribution in [0.2, 0.25) is 0 Å². The van der Waals surface area contributed by atoms with E-state index in [4.69, 9.17) is 4.74 Å². The van der Waals surface area contributed by atoms with E-state index in [1.807, 2.05) is 0 Å². The first-order valence-corrected chi connectivity index (χ1v) is 6.48. The van der Waals surface area contributed by atoms with Gasteiger partial charge in [-0.2, -0.15) is 13.2 Å². The molecule has 1 aliphatic heterocycles. The number of alkyl halides is 3. The monoisotopic (exact) mass is 319 g/mol. The van der Waals surface area contributed by atoms with Crippen molar-refractivity contribution in [3.05, 3.63) is 29.6 Å². The van der Waals surface area contributed by atoms with Crippen LogP contribution in [0, 0.1) is 18.7 Å². The number of esters is 1. The van der Waals surface area contributed by atoms with Gasteiger partial charge in [0.25, 0.3) is 0 Å². The minimum Gasteiger partial charge on any atom is -0.423 e. The molecule has 0 saturated carbocycles. The second kappa shape index (κ2) is 5.94. The predicted molar refractivity (Wildman–Crippen MR) is 67.5 cm³/mol. The van der Waals surface area contributed by atoms with E-state index < -0.39 is 36.3 Å². The molecule has 0 aliphatic carbocycles. The summed E-state index contributed by atoms with van der Waals surface area (Å²) in [6.07, 6.45) is -4.90. The Morgan fingerprint density at radius 1 is 1.41 bits per heavy atom. The SMILES string of the molecule is Cc1ccc(F)c(OC(=O)[C@H]2CC(=O)N(CC(F)(F)F)C2)c1. The van der Waals surface area contributed by atoms with Crippen molar-refractivity contribution < 1.29 is 31.9 Å². The van der Waals surface area contributed by atoms with E-state index in [-0.39, 0.29) is 18.7 Å². The van der Waals surface area contributed by atoms with Crippen molar-refractivity contribution in [2.45, 2.75) is 19.5 Å². The van der Waals surface area contributed by atoms with Crippen molar-refractivity contribution in [3.63, 3.8) is 0 Å². The lowest BCUT2D eigenvalue weighted by Crippen LogP contribution is -2.36. The molecule has 0 bridgehead atoms. The zero-order chi connectivity index (χ0) is 16.5. The van der Waals surface area contributed by atoms with Gasteiger partial charge in [0, 0.05) is 13.0 Å². The summed E-state index contributed by atoms with van der Waals surface area (Å²) >= 11 is 0. The summed E-state index contributed by atoms with van der Waals surface area (Å²) < 4.78 is 55.2. The lowest BCUT2D eigenvalue weighted by molar-refractivity contribution is -0.157. The summed E-state index contributed by atoms with van der Waals surface area (Å²) in [6.45, 7) is -0.125. The predicted octanol–water partition coefficient (Wildman–Crippen LogP) is 2.45. The fourth-order valence-corrected chi connectivity index (χ4v) is 2.18. The third kappa shape index (κ3) is 3.96. The first kappa shape index (κ1) is 16.3. The molecule has 8 heteroatoms. The molecule has 22 heavy (non-hydrogen) atoms. The van der Waals surface area contributed by atoms with Crippen molar-refractivity contribution in [2.75, 3.05) is 13.1 Å².